The second-order valence-electron chi connectivity index (χ2n) is 4.14. The molecule has 2 rings (SSSR count). The summed E-state index contributed by atoms with van der Waals surface area (Å²) in [5, 5.41) is 0. The van der Waals surface area contributed by atoms with Crippen LogP contribution in [-0.2, 0) is 4.79 Å². The summed E-state index contributed by atoms with van der Waals surface area (Å²) in [6.45, 7) is 1.37. The molecule has 0 aromatic heterocycles. The molecule has 0 heterocycles. The number of rotatable bonds is 2. The summed E-state index contributed by atoms with van der Waals surface area (Å²) in [5.41, 5.74) is 0.906. The number of alkyl halides is 2. The van der Waals surface area contributed by atoms with Crippen LogP contribution in [0.4, 0.5) is 14.5 Å². The first-order chi connectivity index (χ1) is 8.49. The zero-order valence-electron chi connectivity index (χ0n) is 9.94. The molecule has 0 aliphatic heterocycles. The van der Waals surface area contributed by atoms with Crippen LogP contribution in [0.2, 0.25) is 0 Å². The van der Waals surface area contributed by atoms with Gasteiger partial charge in [0, 0.05) is 18.3 Å². The maximum absolute atomic E-state index is 13.3. The number of hydrogen-bond acceptors (Lipinski definition) is 1. The van der Waals surface area contributed by atoms with Crippen molar-refractivity contribution in [2.45, 2.75) is 19.3 Å². The summed E-state index contributed by atoms with van der Waals surface area (Å²) in [6.07, 6.45) is 3.22. The number of carbonyl (C=O) groups excluding carboxylic acids is 1. The minimum Gasteiger partial charge on any atom is -0.285 e. The van der Waals surface area contributed by atoms with Crippen LogP contribution in [0.25, 0.3) is 0 Å². The van der Waals surface area contributed by atoms with E-state index >= 15 is 0 Å². The minimum absolute atomic E-state index is 0.279. The lowest BCUT2D eigenvalue weighted by molar-refractivity contribution is -0.116. The number of amides is 1. The normalized spacial score (nSPS) is 17.2. The Labute approximate surface area is 104 Å². The van der Waals surface area contributed by atoms with Gasteiger partial charge < -0.3 is 0 Å². The molecule has 1 aromatic carbocycles. The molecule has 1 aliphatic carbocycles. The van der Waals surface area contributed by atoms with Gasteiger partial charge >= 0.3 is 0 Å². The summed E-state index contributed by atoms with van der Waals surface area (Å²) >= 11 is 0. The second kappa shape index (κ2) is 4.72. The van der Waals surface area contributed by atoms with E-state index in [4.69, 9.17) is 0 Å². The van der Waals surface area contributed by atoms with Crippen molar-refractivity contribution in [3.63, 3.8) is 0 Å². The van der Waals surface area contributed by atoms with Gasteiger partial charge in [-0.1, -0.05) is 24.3 Å². The summed E-state index contributed by atoms with van der Waals surface area (Å²) < 4.78 is 26.7. The van der Waals surface area contributed by atoms with Crippen molar-refractivity contribution in [2.24, 2.45) is 0 Å². The molecule has 0 saturated heterocycles. The third kappa shape index (κ3) is 2.64. The average molecular weight is 249 g/mol. The van der Waals surface area contributed by atoms with E-state index in [1.54, 1.807) is 30.3 Å². The molecule has 0 fully saturated rings. The molecule has 18 heavy (non-hydrogen) atoms. The number of allylic oxidation sites excluding steroid dienone is 4. The van der Waals surface area contributed by atoms with Crippen LogP contribution in [0, 0.1) is 0 Å². The predicted molar refractivity (Wildman–Crippen MR) is 66.4 cm³/mol. The number of benzene rings is 1. The Hall–Kier alpha value is -1.97. The number of hydrogen-bond donors (Lipinski definition) is 0. The zero-order valence-corrected chi connectivity index (χ0v) is 9.94. The predicted octanol–water partition coefficient (Wildman–Crippen LogP) is 3.52. The molecule has 1 amide bonds. The van der Waals surface area contributed by atoms with Gasteiger partial charge in [-0.25, -0.2) is 8.78 Å². The van der Waals surface area contributed by atoms with E-state index in [0.717, 1.165) is 6.08 Å². The maximum Gasteiger partial charge on any atom is 0.272 e. The van der Waals surface area contributed by atoms with Crippen molar-refractivity contribution in [3.8, 4) is 0 Å². The molecule has 1 aliphatic rings. The first kappa shape index (κ1) is 12.5. The quantitative estimate of drug-likeness (QED) is 0.785. The summed E-state index contributed by atoms with van der Waals surface area (Å²) in [5.74, 6) is -3.18. The van der Waals surface area contributed by atoms with Gasteiger partial charge in [0.1, 0.15) is 0 Å². The molecule has 4 heteroatoms. The minimum atomic E-state index is -2.90. The highest BCUT2D eigenvalue weighted by Gasteiger charge is 2.32. The lowest BCUT2D eigenvalue weighted by atomic mass is 10.1. The van der Waals surface area contributed by atoms with E-state index in [1.165, 1.54) is 17.9 Å². The highest BCUT2D eigenvalue weighted by atomic mass is 19.3. The van der Waals surface area contributed by atoms with E-state index in [-0.39, 0.29) is 5.91 Å². The fraction of sp³-hybridized carbons (Fsp3) is 0.214. The van der Waals surface area contributed by atoms with Crippen LogP contribution in [0.1, 0.15) is 13.3 Å². The number of anilines is 1. The van der Waals surface area contributed by atoms with Crippen LogP contribution in [-0.4, -0.2) is 11.8 Å². The molecule has 0 bridgehead atoms. The smallest absolute Gasteiger partial charge is 0.272 e. The largest absolute Gasteiger partial charge is 0.285 e. The monoisotopic (exact) mass is 249 g/mol. The van der Waals surface area contributed by atoms with E-state index in [1.807, 2.05) is 6.07 Å². The molecule has 94 valence electrons. The molecule has 0 spiro atoms. The Morgan fingerprint density at radius 3 is 2.50 bits per heavy atom. The third-order valence-electron chi connectivity index (χ3n) is 2.66. The molecular formula is C14H13F2NO. The molecule has 0 unspecified atom stereocenters. The van der Waals surface area contributed by atoms with Crippen molar-refractivity contribution >= 4 is 11.6 Å². The fourth-order valence-corrected chi connectivity index (χ4v) is 1.94. The molecular weight excluding hydrogens is 236 g/mol. The van der Waals surface area contributed by atoms with Crippen LogP contribution >= 0.6 is 0 Å². The first-order valence-electron chi connectivity index (χ1n) is 5.61. The van der Waals surface area contributed by atoms with Crippen LogP contribution in [0.5, 0.6) is 0 Å². The van der Waals surface area contributed by atoms with Gasteiger partial charge in [-0.15, -0.1) is 0 Å². The molecule has 0 saturated carbocycles. The second-order valence-corrected chi connectivity index (χ2v) is 4.14. The van der Waals surface area contributed by atoms with Crippen LogP contribution in [0.15, 0.2) is 54.3 Å². The number of nitrogens with zero attached hydrogens (tertiary/aromatic N) is 1. The van der Waals surface area contributed by atoms with Gasteiger partial charge in [-0.2, -0.15) is 0 Å². The van der Waals surface area contributed by atoms with Crippen molar-refractivity contribution in [2.75, 3.05) is 4.90 Å². The van der Waals surface area contributed by atoms with Crippen molar-refractivity contribution in [1.82, 2.24) is 0 Å². The van der Waals surface area contributed by atoms with Gasteiger partial charge in [0.25, 0.3) is 5.92 Å². The summed E-state index contributed by atoms with van der Waals surface area (Å²) in [7, 11) is 0. The Balaban J connectivity index is 2.36. The lowest BCUT2D eigenvalue weighted by Crippen LogP contribution is -2.32. The Morgan fingerprint density at radius 2 is 1.94 bits per heavy atom. The van der Waals surface area contributed by atoms with E-state index in [2.05, 4.69) is 0 Å². The van der Waals surface area contributed by atoms with E-state index in [9.17, 15) is 13.6 Å². The van der Waals surface area contributed by atoms with E-state index in [0.29, 0.717) is 11.4 Å². The van der Waals surface area contributed by atoms with Crippen molar-refractivity contribution in [1.29, 1.82) is 0 Å². The number of para-hydroxylation sites is 1. The first-order valence-corrected chi connectivity index (χ1v) is 5.61. The topological polar surface area (TPSA) is 20.3 Å². The Morgan fingerprint density at radius 1 is 1.28 bits per heavy atom. The van der Waals surface area contributed by atoms with Crippen LogP contribution in [0.3, 0.4) is 0 Å². The zero-order chi connectivity index (χ0) is 13.2. The third-order valence-corrected chi connectivity index (χ3v) is 2.66. The highest BCUT2D eigenvalue weighted by molar-refractivity contribution is 5.94. The summed E-state index contributed by atoms with van der Waals surface area (Å²) in [6, 6.07) is 8.79. The number of halogens is 2. The Bertz CT molecular complexity index is 506. The van der Waals surface area contributed by atoms with Gasteiger partial charge in [-0.05, 0) is 24.3 Å². The fourth-order valence-electron chi connectivity index (χ4n) is 1.94. The van der Waals surface area contributed by atoms with Gasteiger partial charge in [0.15, 0.2) is 0 Å². The molecule has 0 atom stereocenters. The molecule has 0 N–H and O–H groups in total. The highest BCUT2D eigenvalue weighted by Crippen LogP contribution is 2.32. The van der Waals surface area contributed by atoms with Crippen molar-refractivity contribution in [3.05, 3.63) is 54.3 Å². The lowest BCUT2D eigenvalue weighted by Gasteiger charge is -2.28. The van der Waals surface area contributed by atoms with E-state index < -0.39 is 12.3 Å². The molecule has 1 aromatic rings. The number of carbonyl (C=O) groups is 1. The summed E-state index contributed by atoms with van der Waals surface area (Å²) in [4.78, 5) is 13.0. The standard InChI is InChI=1S/C14H13F2NO/c1-11(18)17(12-6-3-2-4-7-12)13-8-5-9-14(15,16)10-13/h2-9H,10H2,1H3. The van der Waals surface area contributed by atoms with Gasteiger partial charge in [-0.3, -0.25) is 9.69 Å². The maximum atomic E-state index is 13.3. The van der Waals surface area contributed by atoms with Crippen molar-refractivity contribution < 1.29 is 13.6 Å². The SMILES string of the molecule is CC(=O)N(C1=CC=CC(F)(F)C1)c1ccccc1. The van der Waals surface area contributed by atoms with Gasteiger partial charge in [0.05, 0.1) is 6.42 Å². The van der Waals surface area contributed by atoms with Crippen LogP contribution < -0.4 is 4.90 Å². The van der Waals surface area contributed by atoms with Gasteiger partial charge in [0.2, 0.25) is 5.91 Å². The Kier molecular flexibility index (Phi) is 3.28. The molecule has 0 radical (unpaired) electrons. The average Bonchev–Trinajstić information content (AvgIpc) is 2.28. The molecule has 2 nitrogen and oxygen atoms in total.